The zero-order chi connectivity index (χ0) is 13.3. The Bertz CT molecular complexity index is 682. The molecule has 1 aromatic carbocycles. The van der Waals surface area contributed by atoms with E-state index in [9.17, 15) is 8.42 Å². The Morgan fingerprint density at radius 3 is 2.67 bits per heavy atom. The van der Waals surface area contributed by atoms with Crippen LogP contribution in [0.2, 0.25) is 5.02 Å². The molecule has 0 aliphatic heterocycles. The molecule has 1 heterocycles. The van der Waals surface area contributed by atoms with Crippen molar-refractivity contribution in [1.82, 2.24) is 0 Å². The van der Waals surface area contributed by atoms with Gasteiger partial charge >= 0.3 is 0 Å². The number of thiophene rings is 1. The summed E-state index contributed by atoms with van der Waals surface area (Å²) in [5.74, 6) is 0. The molecule has 3 nitrogen and oxygen atoms in total. The Hall–Kier alpha value is -0.560. The van der Waals surface area contributed by atoms with E-state index in [1.165, 1.54) is 0 Å². The van der Waals surface area contributed by atoms with Crippen molar-refractivity contribution < 1.29 is 8.42 Å². The molecular formula is C11H9BrClNO2S2. The molecule has 0 saturated carbocycles. The van der Waals surface area contributed by atoms with Crippen molar-refractivity contribution in [3.05, 3.63) is 44.7 Å². The highest BCUT2D eigenvalue weighted by Crippen LogP contribution is 2.31. The first-order chi connectivity index (χ1) is 8.40. The SMILES string of the molecule is Cc1ccc(Cl)c(NS(=O)(=O)c2sccc2Br)c1. The van der Waals surface area contributed by atoms with Crippen LogP contribution in [0.25, 0.3) is 0 Å². The summed E-state index contributed by atoms with van der Waals surface area (Å²) in [6.07, 6.45) is 0. The van der Waals surface area contributed by atoms with Crippen LogP contribution in [0.5, 0.6) is 0 Å². The molecule has 0 fully saturated rings. The maximum Gasteiger partial charge on any atom is 0.272 e. The van der Waals surface area contributed by atoms with Gasteiger partial charge in [0.1, 0.15) is 0 Å². The van der Waals surface area contributed by atoms with Gasteiger partial charge in [0.15, 0.2) is 4.21 Å². The summed E-state index contributed by atoms with van der Waals surface area (Å²) < 4.78 is 27.6. The van der Waals surface area contributed by atoms with Gasteiger partial charge in [-0.25, -0.2) is 8.42 Å². The monoisotopic (exact) mass is 365 g/mol. The highest BCUT2D eigenvalue weighted by Gasteiger charge is 2.20. The number of rotatable bonds is 3. The first kappa shape index (κ1) is 13.9. The van der Waals surface area contributed by atoms with E-state index in [-0.39, 0.29) is 4.21 Å². The minimum absolute atomic E-state index is 0.236. The Kier molecular flexibility index (Phi) is 4.01. The molecule has 2 aromatic rings. The number of benzene rings is 1. The maximum atomic E-state index is 12.2. The predicted octanol–water partition coefficient (Wildman–Crippen LogP) is 4.27. The third-order valence-corrected chi connectivity index (χ3v) is 6.56. The largest absolute Gasteiger partial charge is 0.277 e. The van der Waals surface area contributed by atoms with Crippen molar-refractivity contribution in [3.8, 4) is 0 Å². The molecule has 0 amide bonds. The van der Waals surface area contributed by atoms with Gasteiger partial charge in [0.25, 0.3) is 10.0 Å². The molecule has 0 aliphatic carbocycles. The van der Waals surface area contributed by atoms with Crippen LogP contribution < -0.4 is 4.72 Å². The van der Waals surface area contributed by atoms with Crippen LogP contribution in [0.4, 0.5) is 5.69 Å². The number of aryl methyl sites for hydroxylation is 1. The Morgan fingerprint density at radius 1 is 1.33 bits per heavy atom. The van der Waals surface area contributed by atoms with Gasteiger partial charge in [-0.1, -0.05) is 17.7 Å². The van der Waals surface area contributed by atoms with Gasteiger partial charge in [-0.2, -0.15) is 0 Å². The van der Waals surface area contributed by atoms with Crippen LogP contribution in [-0.2, 0) is 10.0 Å². The molecule has 0 saturated heterocycles. The van der Waals surface area contributed by atoms with Gasteiger partial charge in [-0.15, -0.1) is 11.3 Å². The topological polar surface area (TPSA) is 46.2 Å². The lowest BCUT2D eigenvalue weighted by Crippen LogP contribution is -2.12. The molecule has 0 atom stereocenters. The average Bonchev–Trinajstić information content (AvgIpc) is 2.70. The number of sulfonamides is 1. The summed E-state index contributed by atoms with van der Waals surface area (Å²) in [4.78, 5) is 0. The van der Waals surface area contributed by atoms with E-state index in [4.69, 9.17) is 11.6 Å². The predicted molar refractivity (Wildman–Crippen MR) is 79.0 cm³/mol. The first-order valence-corrected chi connectivity index (χ1v) is 8.45. The van der Waals surface area contributed by atoms with Gasteiger partial charge < -0.3 is 0 Å². The van der Waals surface area contributed by atoms with Crippen LogP contribution in [-0.4, -0.2) is 8.42 Å². The third kappa shape index (κ3) is 2.88. The molecule has 1 N–H and O–H groups in total. The summed E-state index contributed by atoms with van der Waals surface area (Å²) in [5, 5.41) is 2.08. The molecule has 0 unspecified atom stereocenters. The molecule has 18 heavy (non-hydrogen) atoms. The van der Waals surface area contributed by atoms with E-state index in [0.29, 0.717) is 15.2 Å². The van der Waals surface area contributed by atoms with Crippen molar-refractivity contribution >= 4 is 54.6 Å². The number of hydrogen-bond donors (Lipinski definition) is 1. The molecule has 0 spiro atoms. The molecule has 2 rings (SSSR count). The molecule has 0 radical (unpaired) electrons. The van der Waals surface area contributed by atoms with Gasteiger partial charge in [0.05, 0.1) is 10.7 Å². The standard InChI is InChI=1S/C11H9BrClNO2S2/c1-7-2-3-9(13)10(6-7)14-18(15,16)11-8(12)4-5-17-11/h2-6,14H,1H3. The normalized spacial score (nSPS) is 11.5. The fourth-order valence-electron chi connectivity index (χ4n) is 1.38. The summed E-state index contributed by atoms with van der Waals surface area (Å²) in [6, 6.07) is 6.87. The quantitative estimate of drug-likeness (QED) is 0.881. The molecule has 96 valence electrons. The van der Waals surface area contributed by atoms with E-state index in [1.807, 2.05) is 13.0 Å². The van der Waals surface area contributed by atoms with Crippen LogP contribution in [0.1, 0.15) is 5.56 Å². The summed E-state index contributed by atoms with van der Waals surface area (Å²) in [5.41, 5.74) is 1.32. The molecular weight excluding hydrogens is 358 g/mol. The number of hydrogen-bond acceptors (Lipinski definition) is 3. The van der Waals surface area contributed by atoms with Crippen LogP contribution in [0.3, 0.4) is 0 Å². The zero-order valence-corrected chi connectivity index (χ0v) is 13.3. The van der Waals surface area contributed by atoms with Crippen LogP contribution >= 0.6 is 38.9 Å². The van der Waals surface area contributed by atoms with E-state index < -0.39 is 10.0 Å². The maximum absolute atomic E-state index is 12.2. The van der Waals surface area contributed by atoms with E-state index in [2.05, 4.69) is 20.7 Å². The lowest BCUT2D eigenvalue weighted by molar-refractivity contribution is 0.603. The average molecular weight is 367 g/mol. The molecule has 7 heteroatoms. The van der Waals surface area contributed by atoms with Crippen LogP contribution in [0, 0.1) is 6.92 Å². The van der Waals surface area contributed by atoms with Crippen LogP contribution in [0.15, 0.2) is 38.3 Å². The molecule has 0 aliphatic rings. The van der Waals surface area contributed by atoms with Crippen molar-refractivity contribution in [3.63, 3.8) is 0 Å². The highest BCUT2D eigenvalue weighted by atomic mass is 79.9. The number of nitrogens with one attached hydrogen (secondary N) is 1. The van der Waals surface area contributed by atoms with Crippen molar-refractivity contribution in [2.24, 2.45) is 0 Å². The third-order valence-electron chi connectivity index (χ3n) is 2.19. The summed E-state index contributed by atoms with van der Waals surface area (Å²) in [7, 11) is -3.60. The van der Waals surface area contributed by atoms with E-state index >= 15 is 0 Å². The minimum atomic E-state index is -3.60. The second-order valence-electron chi connectivity index (χ2n) is 3.64. The van der Waals surface area contributed by atoms with Gasteiger partial charge in [0.2, 0.25) is 0 Å². The Balaban J connectivity index is 2.40. The highest BCUT2D eigenvalue weighted by molar-refractivity contribution is 9.10. The number of halogens is 2. The van der Waals surface area contributed by atoms with E-state index in [0.717, 1.165) is 16.9 Å². The lowest BCUT2D eigenvalue weighted by Gasteiger charge is -2.09. The molecule has 0 bridgehead atoms. The van der Waals surface area contributed by atoms with Gasteiger partial charge in [-0.3, -0.25) is 4.72 Å². The summed E-state index contributed by atoms with van der Waals surface area (Å²) in [6.45, 7) is 1.87. The van der Waals surface area contributed by atoms with Gasteiger partial charge in [-0.05, 0) is 52.0 Å². The van der Waals surface area contributed by atoms with Crippen molar-refractivity contribution in [2.75, 3.05) is 4.72 Å². The zero-order valence-electron chi connectivity index (χ0n) is 9.28. The minimum Gasteiger partial charge on any atom is -0.277 e. The molecule has 1 aromatic heterocycles. The van der Waals surface area contributed by atoms with Crippen molar-refractivity contribution in [2.45, 2.75) is 11.1 Å². The smallest absolute Gasteiger partial charge is 0.272 e. The lowest BCUT2D eigenvalue weighted by atomic mass is 10.2. The van der Waals surface area contributed by atoms with Crippen molar-refractivity contribution in [1.29, 1.82) is 0 Å². The second-order valence-corrected chi connectivity index (χ2v) is 7.70. The van der Waals surface area contributed by atoms with Gasteiger partial charge in [0, 0.05) is 4.47 Å². The number of anilines is 1. The first-order valence-electron chi connectivity index (χ1n) is 4.92. The fourth-order valence-corrected chi connectivity index (χ4v) is 5.01. The van der Waals surface area contributed by atoms with E-state index in [1.54, 1.807) is 23.6 Å². The Morgan fingerprint density at radius 2 is 2.06 bits per heavy atom. The Labute approximate surface area is 123 Å². The second kappa shape index (κ2) is 5.21. The fraction of sp³-hybridized carbons (Fsp3) is 0.0909. The summed E-state index contributed by atoms with van der Waals surface area (Å²) >= 11 is 10.3.